The van der Waals surface area contributed by atoms with E-state index in [2.05, 4.69) is 20.0 Å². The Morgan fingerprint density at radius 2 is 2.17 bits per heavy atom. The first kappa shape index (κ1) is 19.6. The summed E-state index contributed by atoms with van der Waals surface area (Å²) in [4.78, 5) is 23.2. The third-order valence-electron chi connectivity index (χ3n) is 5.07. The van der Waals surface area contributed by atoms with Crippen LogP contribution in [0.1, 0.15) is 41.7 Å². The van der Waals surface area contributed by atoms with Gasteiger partial charge in [0.1, 0.15) is 17.2 Å². The van der Waals surface area contributed by atoms with Crippen LogP contribution in [0.4, 0.5) is 10.2 Å². The van der Waals surface area contributed by atoms with Gasteiger partial charge in [-0.1, -0.05) is 16.9 Å². The number of thioether (sulfide) groups is 1. The van der Waals surface area contributed by atoms with Gasteiger partial charge in [-0.15, -0.1) is 0 Å². The number of hydrogen-bond acceptors (Lipinski definition) is 8. The molecule has 0 unspecified atom stereocenters. The van der Waals surface area contributed by atoms with Crippen LogP contribution in [0, 0.1) is 5.82 Å². The van der Waals surface area contributed by atoms with Crippen LogP contribution in [0.25, 0.3) is 11.0 Å². The molecule has 0 saturated carbocycles. The van der Waals surface area contributed by atoms with E-state index in [0.29, 0.717) is 41.8 Å². The van der Waals surface area contributed by atoms with Gasteiger partial charge in [0.25, 0.3) is 0 Å². The zero-order valence-corrected chi connectivity index (χ0v) is 17.0. The predicted octanol–water partition coefficient (Wildman–Crippen LogP) is 4.04. The first-order valence-corrected chi connectivity index (χ1v) is 10.7. The van der Waals surface area contributed by atoms with Crippen LogP contribution in [0.2, 0.25) is 0 Å². The van der Waals surface area contributed by atoms with Gasteiger partial charge in [0.15, 0.2) is 10.7 Å². The monoisotopic (exact) mass is 416 g/mol. The van der Waals surface area contributed by atoms with Crippen molar-refractivity contribution in [3.63, 3.8) is 0 Å². The third-order valence-corrected chi connectivity index (χ3v) is 5.63. The van der Waals surface area contributed by atoms with Gasteiger partial charge in [-0.05, 0) is 38.2 Å². The molecule has 0 radical (unpaired) electrons. The van der Waals surface area contributed by atoms with Crippen molar-refractivity contribution < 1.29 is 18.4 Å². The number of rotatable bonds is 5. The van der Waals surface area contributed by atoms with Crippen molar-refractivity contribution in [3.05, 3.63) is 41.5 Å². The van der Waals surface area contributed by atoms with E-state index in [0.717, 1.165) is 23.9 Å². The highest BCUT2D eigenvalue weighted by molar-refractivity contribution is 7.98. The van der Waals surface area contributed by atoms with Gasteiger partial charge in [0.05, 0.1) is 12.3 Å². The zero-order chi connectivity index (χ0) is 20.4. The van der Waals surface area contributed by atoms with Crippen molar-refractivity contribution in [2.45, 2.75) is 30.8 Å². The highest BCUT2D eigenvalue weighted by Crippen LogP contribution is 2.34. The molecule has 0 spiro atoms. The average molecular weight is 416 g/mol. The number of hydrogen-bond donors (Lipinski definition) is 0. The summed E-state index contributed by atoms with van der Waals surface area (Å²) in [7, 11) is 0. The van der Waals surface area contributed by atoms with Gasteiger partial charge in [-0.3, -0.25) is 0 Å². The second-order valence-corrected chi connectivity index (χ2v) is 7.56. The molecule has 3 heterocycles. The summed E-state index contributed by atoms with van der Waals surface area (Å²) >= 11 is 1.43. The lowest BCUT2D eigenvalue weighted by molar-refractivity contribution is 0.0526. The summed E-state index contributed by atoms with van der Waals surface area (Å²) in [6, 6.07) is 4.50. The highest BCUT2D eigenvalue weighted by atomic mass is 32.2. The van der Waals surface area contributed by atoms with E-state index in [-0.39, 0.29) is 11.7 Å². The second-order valence-electron chi connectivity index (χ2n) is 6.78. The maximum atomic E-state index is 13.4. The molecule has 1 aliphatic rings. The number of aromatic nitrogens is 3. The Morgan fingerprint density at radius 3 is 2.90 bits per heavy atom. The number of piperidine rings is 1. The maximum absolute atomic E-state index is 13.4. The lowest BCUT2D eigenvalue weighted by Gasteiger charge is -2.32. The molecule has 3 aromatic rings. The Balaban J connectivity index is 1.55. The van der Waals surface area contributed by atoms with E-state index >= 15 is 0 Å². The van der Waals surface area contributed by atoms with Crippen LogP contribution >= 0.6 is 11.8 Å². The molecular formula is C20H21FN4O3S. The lowest BCUT2D eigenvalue weighted by Crippen LogP contribution is -2.35. The van der Waals surface area contributed by atoms with E-state index in [1.807, 2.05) is 6.26 Å². The summed E-state index contributed by atoms with van der Waals surface area (Å²) in [5.74, 6) is 0.0517. The molecule has 2 aromatic heterocycles. The van der Waals surface area contributed by atoms with Gasteiger partial charge in [-0.2, -0.15) is 0 Å². The molecular weight excluding hydrogens is 395 g/mol. The second kappa shape index (κ2) is 8.36. The van der Waals surface area contributed by atoms with Gasteiger partial charge in [0.2, 0.25) is 0 Å². The number of fused-ring (bicyclic) bond motifs is 1. The Morgan fingerprint density at radius 1 is 1.38 bits per heavy atom. The summed E-state index contributed by atoms with van der Waals surface area (Å²) in [6.45, 7) is 3.48. The van der Waals surface area contributed by atoms with Crippen molar-refractivity contribution in [3.8, 4) is 0 Å². The molecule has 1 aliphatic heterocycles. The number of esters is 1. The molecule has 152 valence electrons. The van der Waals surface area contributed by atoms with Gasteiger partial charge < -0.3 is 14.2 Å². The van der Waals surface area contributed by atoms with E-state index in [9.17, 15) is 9.18 Å². The van der Waals surface area contributed by atoms with Crippen LogP contribution in [-0.4, -0.2) is 47.0 Å². The van der Waals surface area contributed by atoms with Crippen molar-refractivity contribution in [2.75, 3.05) is 30.9 Å². The van der Waals surface area contributed by atoms with Crippen molar-refractivity contribution >= 4 is 34.5 Å². The molecule has 1 fully saturated rings. The summed E-state index contributed by atoms with van der Waals surface area (Å²) < 4.78 is 23.9. The number of halogens is 1. The van der Waals surface area contributed by atoms with Crippen molar-refractivity contribution in [1.82, 2.24) is 15.1 Å². The van der Waals surface area contributed by atoms with E-state index in [4.69, 9.17) is 9.26 Å². The molecule has 4 rings (SSSR count). The van der Waals surface area contributed by atoms with Crippen LogP contribution in [0.5, 0.6) is 0 Å². The molecule has 0 aliphatic carbocycles. The summed E-state index contributed by atoms with van der Waals surface area (Å²) in [5, 5.41) is 5.65. The lowest BCUT2D eigenvalue weighted by atomic mass is 9.91. The molecule has 0 bridgehead atoms. The standard InChI is InChI=1S/C20H21FN4O3S/c1-3-27-19(26)15-11-22-20(29-2)23-18(15)25-8-6-12(7-9-25)17-14-5-4-13(21)10-16(14)28-24-17/h4-5,10-12H,3,6-9H2,1-2H3. The molecule has 7 nitrogen and oxygen atoms in total. The molecule has 0 amide bonds. The molecule has 29 heavy (non-hydrogen) atoms. The van der Waals surface area contributed by atoms with Gasteiger partial charge in [-0.25, -0.2) is 19.2 Å². The first-order valence-electron chi connectivity index (χ1n) is 9.48. The first-order chi connectivity index (χ1) is 14.1. The molecule has 9 heteroatoms. The number of carbonyl (C=O) groups is 1. The normalized spacial score (nSPS) is 15.1. The highest BCUT2D eigenvalue weighted by Gasteiger charge is 2.28. The van der Waals surface area contributed by atoms with Crippen molar-refractivity contribution in [1.29, 1.82) is 0 Å². The van der Waals surface area contributed by atoms with Crippen molar-refractivity contribution in [2.24, 2.45) is 0 Å². The number of nitrogens with zero attached hydrogens (tertiary/aromatic N) is 4. The topological polar surface area (TPSA) is 81.4 Å². The Labute approximate surface area is 171 Å². The van der Waals surface area contributed by atoms with Gasteiger partial charge >= 0.3 is 5.97 Å². The maximum Gasteiger partial charge on any atom is 0.343 e. The third kappa shape index (κ3) is 3.91. The van der Waals surface area contributed by atoms with Gasteiger partial charge in [0, 0.05) is 36.7 Å². The van der Waals surface area contributed by atoms with E-state index in [1.165, 1.54) is 30.1 Å². The fourth-order valence-corrected chi connectivity index (χ4v) is 3.98. The SMILES string of the molecule is CCOC(=O)c1cnc(SC)nc1N1CCC(c2noc3cc(F)ccc23)CC1. The van der Waals surface area contributed by atoms with Crippen LogP contribution in [0.15, 0.2) is 34.1 Å². The van der Waals surface area contributed by atoms with Crippen LogP contribution in [0.3, 0.4) is 0 Å². The quantitative estimate of drug-likeness (QED) is 0.350. The van der Waals surface area contributed by atoms with Crippen LogP contribution < -0.4 is 4.90 Å². The number of benzene rings is 1. The van der Waals surface area contributed by atoms with Crippen LogP contribution in [-0.2, 0) is 4.74 Å². The molecule has 1 saturated heterocycles. The minimum atomic E-state index is -0.415. The fourth-order valence-electron chi connectivity index (χ4n) is 3.64. The Hall–Kier alpha value is -2.68. The fraction of sp³-hybridized carbons (Fsp3) is 0.400. The predicted molar refractivity (Wildman–Crippen MR) is 108 cm³/mol. The Kier molecular flexibility index (Phi) is 5.66. The minimum Gasteiger partial charge on any atom is -0.462 e. The zero-order valence-electron chi connectivity index (χ0n) is 16.2. The summed E-state index contributed by atoms with van der Waals surface area (Å²) in [6.07, 6.45) is 5.07. The number of ether oxygens (including phenoxy) is 1. The Bertz CT molecular complexity index is 1030. The number of anilines is 1. The molecule has 0 N–H and O–H groups in total. The molecule has 1 aromatic carbocycles. The summed E-state index contributed by atoms with van der Waals surface area (Å²) in [5.41, 5.74) is 1.70. The largest absolute Gasteiger partial charge is 0.462 e. The van der Waals surface area contributed by atoms with E-state index < -0.39 is 5.97 Å². The molecule has 0 atom stereocenters. The average Bonchev–Trinajstić information content (AvgIpc) is 3.16. The minimum absolute atomic E-state index is 0.200. The smallest absolute Gasteiger partial charge is 0.343 e. The van der Waals surface area contributed by atoms with E-state index in [1.54, 1.807) is 13.0 Å². The number of carbonyl (C=O) groups excluding carboxylic acids is 1.